The Hall–Kier alpha value is -2.91. The van der Waals surface area contributed by atoms with Crippen molar-refractivity contribution in [2.45, 2.75) is 31.0 Å². The molecule has 33 heavy (non-hydrogen) atoms. The molecule has 8 nitrogen and oxygen atoms in total. The number of pyridine rings is 1. The van der Waals surface area contributed by atoms with E-state index in [1.165, 1.54) is 6.20 Å². The van der Waals surface area contributed by atoms with E-state index in [4.69, 9.17) is 10.2 Å². The second-order valence-corrected chi connectivity index (χ2v) is 10.4. The predicted octanol–water partition coefficient (Wildman–Crippen LogP) is 4.57. The van der Waals surface area contributed by atoms with Crippen molar-refractivity contribution < 1.29 is 5.11 Å². The lowest BCUT2D eigenvalue weighted by Crippen LogP contribution is -2.24. The minimum Gasteiger partial charge on any atom is -0.507 e. The standard InChI is InChI=1S/C23H20IN7OS/c1-23(2)12-33-22-28-18-19(29-21(24)30-20(18)31(22)23)27-6-5-13-3-4-17(32)16(8-13)15-7-14(9-25)10-26-11-15/h3-4,7-8,10-11,32H,5-6,12H2,1-2H3,(H,27,29,30). The van der Waals surface area contributed by atoms with Crippen LogP contribution in [0.1, 0.15) is 25.0 Å². The largest absolute Gasteiger partial charge is 0.507 e. The van der Waals surface area contributed by atoms with E-state index in [2.05, 4.69) is 67.3 Å². The fourth-order valence-corrected chi connectivity index (χ4v) is 5.63. The maximum atomic E-state index is 10.3. The van der Waals surface area contributed by atoms with Crippen LogP contribution in [0.4, 0.5) is 5.82 Å². The first kappa shape index (κ1) is 21.9. The van der Waals surface area contributed by atoms with Gasteiger partial charge in [0.1, 0.15) is 11.8 Å². The minimum atomic E-state index is -0.0381. The number of aromatic hydroxyl groups is 1. The third-order valence-electron chi connectivity index (χ3n) is 5.55. The van der Waals surface area contributed by atoms with Crippen LogP contribution in [0.2, 0.25) is 0 Å². The number of rotatable bonds is 5. The monoisotopic (exact) mass is 569 g/mol. The second-order valence-electron chi connectivity index (χ2n) is 8.45. The van der Waals surface area contributed by atoms with Crippen molar-refractivity contribution in [1.82, 2.24) is 24.5 Å². The van der Waals surface area contributed by atoms with Crippen LogP contribution in [-0.4, -0.2) is 41.9 Å². The van der Waals surface area contributed by atoms with Crippen LogP contribution in [0.5, 0.6) is 5.75 Å². The van der Waals surface area contributed by atoms with E-state index in [1.807, 2.05) is 12.1 Å². The number of hydrogen-bond donors (Lipinski definition) is 2. The summed E-state index contributed by atoms with van der Waals surface area (Å²) in [4.78, 5) is 18.2. The Balaban J connectivity index is 1.38. The molecule has 0 saturated heterocycles. The molecule has 0 unspecified atom stereocenters. The van der Waals surface area contributed by atoms with Crippen LogP contribution >= 0.6 is 34.4 Å². The Morgan fingerprint density at radius 3 is 2.91 bits per heavy atom. The summed E-state index contributed by atoms with van der Waals surface area (Å²) in [7, 11) is 0. The first-order valence-corrected chi connectivity index (χ1v) is 12.4. The van der Waals surface area contributed by atoms with E-state index >= 15 is 0 Å². The Labute approximate surface area is 208 Å². The SMILES string of the molecule is CC1(C)CSc2nc3c(NCCc4ccc(O)c(-c5cncc(C#N)c5)c4)nc(I)nc3n21. The zero-order valence-corrected chi connectivity index (χ0v) is 21.0. The fourth-order valence-electron chi connectivity index (χ4n) is 3.93. The second kappa shape index (κ2) is 8.46. The first-order valence-electron chi connectivity index (χ1n) is 10.4. The van der Waals surface area contributed by atoms with Gasteiger partial charge in [-0.05, 0) is 44.0 Å². The van der Waals surface area contributed by atoms with Crippen molar-refractivity contribution >= 4 is 51.3 Å². The Morgan fingerprint density at radius 2 is 2.09 bits per heavy atom. The molecule has 0 radical (unpaired) electrons. The molecule has 5 rings (SSSR count). The number of anilines is 1. The molecule has 0 bridgehead atoms. The normalized spacial score (nSPS) is 14.2. The quantitative estimate of drug-likeness (QED) is 0.266. The Morgan fingerprint density at radius 1 is 1.24 bits per heavy atom. The van der Waals surface area contributed by atoms with Crippen LogP contribution in [0.15, 0.2) is 41.8 Å². The number of imidazole rings is 1. The molecule has 0 spiro atoms. The van der Waals surface area contributed by atoms with Gasteiger partial charge in [0.15, 0.2) is 26.0 Å². The molecule has 0 aliphatic carbocycles. The molecule has 10 heteroatoms. The molecule has 0 saturated carbocycles. The number of nitrogens with zero attached hydrogens (tertiary/aromatic N) is 6. The lowest BCUT2D eigenvalue weighted by atomic mass is 10.0. The average Bonchev–Trinajstić information content (AvgIpc) is 3.32. The molecule has 0 amide bonds. The number of benzene rings is 1. The summed E-state index contributed by atoms with van der Waals surface area (Å²) in [5.74, 6) is 1.86. The molecule has 1 aliphatic heterocycles. The zero-order chi connectivity index (χ0) is 23.2. The molecular weight excluding hydrogens is 549 g/mol. The van der Waals surface area contributed by atoms with E-state index in [9.17, 15) is 5.11 Å². The summed E-state index contributed by atoms with van der Waals surface area (Å²) in [6.45, 7) is 5.04. The topological polar surface area (TPSA) is 113 Å². The van der Waals surface area contributed by atoms with Crippen LogP contribution in [-0.2, 0) is 12.0 Å². The van der Waals surface area contributed by atoms with Gasteiger partial charge >= 0.3 is 0 Å². The number of thioether (sulfide) groups is 1. The van der Waals surface area contributed by atoms with E-state index in [0.717, 1.165) is 33.5 Å². The minimum absolute atomic E-state index is 0.0381. The smallest absolute Gasteiger partial charge is 0.194 e. The molecule has 1 aliphatic rings. The highest BCUT2D eigenvalue weighted by molar-refractivity contribution is 14.1. The highest BCUT2D eigenvalue weighted by Gasteiger charge is 2.34. The summed E-state index contributed by atoms with van der Waals surface area (Å²) in [6, 6.07) is 9.31. The maximum Gasteiger partial charge on any atom is 0.194 e. The number of nitrogens with one attached hydrogen (secondary N) is 1. The zero-order valence-electron chi connectivity index (χ0n) is 18.0. The maximum absolute atomic E-state index is 10.3. The van der Waals surface area contributed by atoms with Gasteiger partial charge in [0, 0.05) is 58.4 Å². The predicted molar refractivity (Wildman–Crippen MR) is 136 cm³/mol. The van der Waals surface area contributed by atoms with Crippen molar-refractivity contribution in [3.63, 3.8) is 0 Å². The number of nitriles is 1. The molecule has 0 fully saturated rings. The summed E-state index contributed by atoms with van der Waals surface area (Å²) in [5, 5.41) is 23.9. The number of fused-ring (bicyclic) bond motifs is 3. The average molecular weight is 569 g/mol. The Bertz CT molecular complexity index is 1430. The van der Waals surface area contributed by atoms with Crippen LogP contribution in [0, 0.1) is 15.2 Å². The summed E-state index contributed by atoms with van der Waals surface area (Å²) < 4.78 is 2.88. The summed E-state index contributed by atoms with van der Waals surface area (Å²) >= 11 is 3.89. The number of hydrogen-bond acceptors (Lipinski definition) is 8. The van der Waals surface area contributed by atoms with E-state index in [0.29, 0.717) is 33.5 Å². The van der Waals surface area contributed by atoms with Crippen molar-refractivity contribution in [3.8, 4) is 22.9 Å². The first-order chi connectivity index (χ1) is 15.9. The van der Waals surface area contributed by atoms with Crippen molar-refractivity contribution in [1.29, 1.82) is 5.26 Å². The number of phenols is 1. The van der Waals surface area contributed by atoms with Crippen LogP contribution in [0.3, 0.4) is 0 Å². The fraction of sp³-hybridized carbons (Fsp3) is 0.261. The van der Waals surface area contributed by atoms with Gasteiger partial charge in [0.05, 0.1) is 11.1 Å². The number of aromatic nitrogens is 5. The van der Waals surface area contributed by atoms with Gasteiger partial charge in [-0.25, -0.2) is 15.0 Å². The van der Waals surface area contributed by atoms with Crippen LogP contribution < -0.4 is 5.32 Å². The van der Waals surface area contributed by atoms with Gasteiger partial charge in [-0.1, -0.05) is 17.8 Å². The van der Waals surface area contributed by atoms with Gasteiger partial charge in [0.2, 0.25) is 0 Å². The third kappa shape index (κ3) is 4.11. The van der Waals surface area contributed by atoms with Gasteiger partial charge in [-0.2, -0.15) is 5.26 Å². The van der Waals surface area contributed by atoms with Gasteiger partial charge in [0.25, 0.3) is 0 Å². The summed E-state index contributed by atoms with van der Waals surface area (Å²) in [6.07, 6.45) is 3.87. The van der Waals surface area contributed by atoms with Crippen LogP contribution in [0.25, 0.3) is 22.3 Å². The molecular formula is C23H20IN7OS. The van der Waals surface area contributed by atoms with Gasteiger partial charge in [-0.3, -0.25) is 9.55 Å². The lowest BCUT2D eigenvalue weighted by Gasteiger charge is -2.20. The van der Waals surface area contributed by atoms with E-state index in [1.54, 1.807) is 30.1 Å². The number of phenolic OH excluding ortho intramolecular Hbond substituents is 1. The molecule has 2 N–H and O–H groups in total. The molecule has 4 aromatic rings. The van der Waals surface area contributed by atoms with Crippen molar-refractivity contribution in [2.24, 2.45) is 0 Å². The molecule has 1 aromatic carbocycles. The highest BCUT2D eigenvalue weighted by atomic mass is 127. The molecule has 0 atom stereocenters. The summed E-state index contributed by atoms with van der Waals surface area (Å²) in [5.41, 5.74) is 4.47. The Kier molecular flexibility index (Phi) is 5.62. The highest BCUT2D eigenvalue weighted by Crippen LogP contribution is 2.40. The third-order valence-corrected chi connectivity index (χ3v) is 7.42. The van der Waals surface area contributed by atoms with E-state index < -0.39 is 0 Å². The van der Waals surface area contributed by atoms with Crippen molar-refractivity contribution in [3.05, 3.63) is 51.6 Å². The molecule has 166 valence electrons. The lowest BCUT2D eigenvalue weighted by molar-refractivity contribution is 0.404. The molecule has 3 aromatic heterocycles. The van der Waals surface area contributed by atoms with Crippen molar-refractivity contribution in [2.75, 3.05) is 17.6 Å². The van der Waals surface area contributed by atoms with E-state index in [-0.39, 0.29) is 11.3 Å². The number of halogens is 1. The molecule has 4 heterocycles. The van der Waals surface area contributed by atoms with Gasteiger partial charge < -0.3 is 10.4 Å². The van der Waals surface area contributed by atoms with Gasteiger partial charge in [-0.15, -0.1) is 0 Å².